The minimum atomic E-state index is -0.990. The number of halogens is 2. The van der Waals surface area contributed by atoms with E-state index in [0.29, 0.717) is 11.6 Å². The predicted molar refractivity (Wildman–Crippen MR) is 72.1 cm³/mol. The number of carboxylic acids is 1. The summed E-state index contributed by atoms with van der Waals surface area (Å²) < 4.78 is 13.5. The van der Waals surface area contributed by atoms with Gasteiger partial charge in [0.1, 0.15) is 5.82 Å². The third-order valence-corrected chi connectivity index (χ3v) is 2.82. The number of benzene rings is 2. The first-order valence-corrected chi connectivity index (χ1v) is 5.95. The van der Waals surface area contributed by atoms with Gasteiger partial charge >= 0.3 is 5.97 Å². The maximum atomic E-state index is 13.5. The monoisotopic (exact) mass is 279 g/mol. The molecule has 0 aliphatic carbocycles. The van der Waals surface area contributed by atoms with E-state index in [2.05, 4.69) is 5.32 Å². The lowest BCUT2D eigenvalue weighted by Crippen LogP contribution is -2.03. The Bertz CT molecular complexity index is 616. The summed E-state index contributed by atoms with van der Waals surface area (Å²) in [5, 5.41) is 12.2. The number of anilines is 1. The molecule has 2 aromatic carbocycles. The lowest BCUT2D eigenvalue weighted by atomic mass is 10.1. The van der Waals surface area contributed by atoms with Crippen molar-refractivity contribution in [3.05, 3.63) is 64.4 Å². The summed E-state index contributed by atoms with van der Waals surface area (Å²) in [5.74, 6) is -1.39. The van der Waals surface area contributed by atoms with Crippen molar-refractivity contribution in [3.63, 3.8) is 0 Å². The molecule has 19 heavy (non-hydrogen) atoms. The normalized spacial score (nSPS) is 10.2. The molecule has 0 bridgehead atoms. The SMILES string of the molecule is O=C(O)c1cccc(CNc2cc(Cl)ccc2F)c1. The molecule has 5 heteroatoms. The first kappa shape index (κ1) is 13.4. The first-order valence-electron chi connectivity index (χ1n) is 5.57. The van der Waals surface area contributed by atoms with Gasteiger partial charge in [-0.3, -0.25) is 0 Å². The number of hydrogen-bond acceptors (Lipinski definition) is 2. The van der Waals surface area contributed by atoms with Crippen molar-refractivity contribution in [2.24, 2.45) is 0 Å². The van der Waals surface area contributed by atoms with Gasteiger partial charge in [0.25, 0.3) is 0 Å². The summed E-state index contributed by atoms with van der Waals surface area (Å²) in [6.45, 7) is 0.318. The number of hydrogen-bond donors (Lipinski definition) is 2. The number of aromatic carboxylic acids is 1. The number of carboxylic acid groups (broad SMARTS) is 1. The van der Waals surface area contributed by atoms with Crippen molar-refractivity contribution in [1.82, 2.24) is 0 Å². The Hall–Kier alpha value is -2.07. The number of rotatable bonds is 4. The molecule has 0 aliphatic heterocycles. The second-order valence-corrected chi connectivity index (χ2v) is 4.42. The van der Waals surface area contributed by atoms with Gasteiger partial charge in [0.05, 0.1) is 11.3 Å². The van der Waals surface area contributed by atoms with Crippen LogP contribution in [0.25, 0.3) is 0 Å². The summed E-state index contributed by atoms with van der Waals surface area (Å²) in [5.41, 5.74) is 1.23. The molecular weight excluding hydrogens is 269 g/mol. The zero-order valence-corrected chi connectivity index (χ0v) is 10.6. The van der Waals surface area contributed by atoms with Crippen molar-refractivity contribution in [1.29, 1.82) is 0 Å². The average Bonchev–Trinajstić information content (AvgIpc) is 2.40. The zero-order valence-electron chi connectivity index (χ0n) is 9.86. The van der Waals surface area contributed by atoms with Gasteiger partial charge in [0.2, 0.25) is 0 Å². The van der Waals surface area contributed by atoms with Crippen molar-refractivity contribution in [3.8, 4) is 0 Å². The zero-order chi connectivity index (χ0) is 13.8. The molecule has 2 rings (SSSR count). The van der Waals surface area contributed by atoms with Gasteiger partial charge in [0, 0.05) is 11.6 Å². The van der Waals surface area contributed by atoms with E-state index in [0.717, 1.165) is 5.56 Å². The van der Waals surface area contributed by atoms with E-state index in [1.165, 1.54) is 30.3 Å². The van der Waals surface area contributed by atoms with Crippen LogP contribution in [0.3, 0.4) is 0 Å². The van der Waals surface area contributed by atoms with Crippen LogP contribution >= 0.6 is 11.6 Å². The quantitative estimate of drug-likeness (QED) is 0.895. The van der Waals surface area contributed by atoms with Crippen molar-refractivity contribution in [2.75, 3.05) is 5.32 Å². The molecule has 0 amide bonds. The largest absolute Gasteiger partial charge is 0.478 e. The molecule has 0 fully saturated rings. The fourth-order valence-corrected chi connectivity index (χ4v) is 1.82. The summed E-state index contributed by atoms with van der Waals surface area (Å²) in [6.07, 6.45) is 0. The van der Waals surface area contributed by atoms with Crippen LogP contribution in [0.15, 0.2) is 42.5 Å². The Kier molecular flexibility index (Phi) is 4.02. The van der Waals surface area contributed by atoms with E-state index < -0.39 is 11.8 Å². The lowest BCUT2D eigenvalue weighted by molar-refractivity contribution is 0.0697. The molecule has 0 atom stereocenters. The minimum Gasteiger partial charge on any atom is -0.478 e. The Balaban J connectivity index is 2.12. The number of carbonyl (C=O) groups is 1. The summed E-state index contributed by atoms with van der Waals surface area (Å²) >= 11 is 5.78. The lowest BCUT2D eigenvalue weighted by Gasteiger charge is -2.08. The van der Waals surface area contributed by atoms with E-state index in [1.807, 2.05) is 0 Å². The highest BCUT2D eigenvalue weighted by Crippen LogP contribution is 2.20. The maximum absolute atomic E-state index is 13.5. The maximum Gasteiger partial charge on any atom is 0.335 e. The van der Waals surface area contributed by atoms with Crippen LogP contribution in [-0.4, -0.2) is 11.1 Å². The highest BCUT2D eigenvalue weighted by molar-refractivity contribution is 6.30. The molecule has 0 radical (unpaired) electrons. The molecule has 0 aliphatic rings. The second kappa shape index (κ2) is 5.71. The van der Waals surface area contributed by atoms with Crippen LogP contribution in [0.1, 0.15) is 15.9 Å². The molecule has 0 unspecified atom stereocenters. The Morgan fingerprint density at radius 3 is 2.79 bits per heavy atom. The van der Waals surface area contributed by atoms with E-state index in [1.54, 1.807) is 12.1 Å². The third-order valence-electron chi connectivity index (χ3n) is 2.59. The van der Waals surface area contributed by atoms with Gasteiger partial charge in [-0.15, -0.1) is 0 Å². The Morgan fingerprint density at radius 2 is 2.05 bits per heavy atom. The predicted octanol–water partition coefficient (Wildman–Crippen LogP) is 3.79. The molecule has 98 valence electrons. The van der Waals surface area contributed by atoms with Gasteiger partial charge < -0.3 is 10.4 Å². The van der Waals surface area contributed by atoms with Crippen molar-refractivity contribution in [2.45, 2.75) is 6.54 Å². The van der Waals surface area contributed by atoms with Crippen LogP contribution in [-0.2, 0) is 6.54 Å². The van der Waals surface area contributed by atoms with Crippen LogP contribution < -0.4 is 5.32 Å². The second-order valence-electron chi connectivity index (χ2n) is 3.98. The van der Waals surface area contributed by atoms with E-state index >= 15 is 0 Å². The van der Waals surface area contributed by atoms with Crippen LogP contribution in [0.5, 0.6) is 0 Å². The van der Waals surface area contributed by atoms with Crippen LogP contribution in [0, 0.1) is 5.82 Å². The van der Waals surface area contributed by atoms with Gasteiger partial charge in [0.15, 0.2) is 0 Å². The highest BCUT2D eigenvalue weighted by Gasteiger charge is 2.05. The van der Waals surface area contributed by atoms with Gasteiger partial charge in [-0.2, -0.15) is 0 Å². The highest BCUT2D eigenvalue weighted by atomic mass is 35.5. The van der Waals surface area contributed by atoms with Crippen LogP contribution in [0.2, 0.25) is 5.02 Å². The van der Waals surface area contributed by atoms with Gasteiger partial charge in [-0.05, 0) is 35.9 Å². The number of nitrogens with one attached hydrogen (secondary N) is 1. The molecule has 0 saturated carbocycles. The molecule has 0 heterocycles. The third kappa shape index (κ3) is 3.45. The fraction of sp³-hybridized carbons (Fsp3) is 0.0714. The molecule has 2 aromatic rings. The van der Waals surface area contributed by atoms with E-state index in [-0.39, 0.29) is 11.3 Å². The Labute approximate surface area is 114 Å². The molecule has 3 nitrogen and oxygen atoms in total. The van der Waals surface area contributed by atoms with Crippen LogP contribution in [0.4, 0.5) is 10.1 Å². The Morgan fingerprint density at radius 1 is 1.26 bits per heavy atom. The van der Waals surface area contributed by atoms with Gasteiger partial charge in [-0.1, -0.05) is 23.7 Å². The fourth-order valence-electron chi connectivity index (χ4n) is 1.64. The van der Waals surface area contributed by atoms with E-state index in [4.69, 9.17) is 16.7 Å². The topological polar surface area (TPSA) is 49.3 Å². The van der Waals surface area contributed by atoms with Gasteiger partial charge in [-0.25, -0.2) is 9.18 Å². The average molecular weight is 280 g/mol. The molecule has 0 spiro atoms. The summed E-state index contributed by atoms with van der Waals surface area (Å²) in [7, 11) is 0. The molecule has 0 aromatic heterocycles. The summed E-state index contributed by atoms with van der Waals surface area (Å²) in [6, 6.07) is 10.7. The smallest absolute Gasteiger partial charge is 0.335 e. The molecular formula is C14H11ClFNO2. The summed E-state index contributed by atoms with van der Waals surface area (Å²) in [4.78, 5) is 10.8. The molecule has 0 saturated heterocycles. The van der Waals surface area contributed by atoms with Crippen molar-refractivity contribution >= 4 is 23.3 Å². The standard InChI is InChI=1S/C14H11ClFNO2/c15-11-4-5-12(16)13(7-11)17-8-9-2-1-3-10(6-9)14(18)19/h1-7,17H,8H2,(H,18,19). The minimum absolute atomic E-state index is 0.200. The first-order chi connectivity index (χ1) is 9.06. The van der Waals surface area contributed by atoms with Crippen molar-refractivity contribution < 1.29 is 14.3 Å². The molecule has 2 N–H and O–H groups in total. The van der Waals surface area contributed by atoms with E-state index in [9.17, 15) is 9.18 Å².